The van der Waals surface area contributed by atoms with Crippen LogP contribution in [-0.2, 0) is 4.79 Å². The molecule has 1 N–H and O–H groups in total. The van der Waals surface area contributed by atoms with Gasteiger partial charge in [0.1, 0.15) is 17.1 Å². The van der Waals surface area contributed by atoms with Crippen molar-refractivity contribution in [2.24, 2.45) is 0 Å². The molecule has 0 aliphatic heterocycles. The highest BCUT2D eigenvalue weighted by Gasteiger charge is 2.47. The van der Waals surface area contributed by atoms with Crippen LogP contribution in [0.5, 0.6) is 5.75 Å². The summed E-state index contributed by atoms with van der Waals surface area (Å²) in [6.45, 7) is 0. The van der Waals surface area contributed by atoms with Gasteiger partial charge in [-0.2, -0.15) is 0 Å². The number of ether oxygens (including phenoxy) is 1. The maximum atomic E-state index is 13.1. The molecule has 2 aliphatic rings. The predicted molar refractivity (Wildman–Crippen MR) is 101 cm³/mol. The molecule has 2 aromatic carbocycles. The normalized spacial score (nSPS) is 15.9. The minimum atomic E-state index is -1.32. The molecular weight excluding hydrogens is 394 g/mol. The molecule has 0 spiro atoms. The van der Waals surface area contributed by atoms with Gasteiger partial charge >= 0.3 is 5.70 Å². The second-order valence-electron chi connectivity index (χ2n) is 6.48. The molecule has 4 rings (SSSR count). The molecule has 2 aromatic rings. The highest BCUT2D eigenvalue weighted by molar-refractivity contribution is 6.55. The van der Waals surface area contributed by atoms with Gasteiger partial charge in [-0.3, -0.25) is 29.3 Å². The number of methoxy groups -OCH3 is 1. The third-order valence-corrected chi connectivity index (χ3v) is 4.92. The largest absolute Gasteiger partial charge is 0.506 e. The van der Waals surface area contributed by atoms with Crippen LogP contribution in [0, 0.1) is 10.1 Å². The van der Waals surface area contributed by atoms with Crippen molar-refractivity contribution < 1.29 is 33.9 Å². The van der Waals surface area contributed by atoms with E-state index in [1.165, 1.54) is 49.6 Å². The Kier molecular flexibility index (Phi) is 4.16. The molecule has 0 atom stereocenters. The third kappa shape index (κ3) is 2.49. The Morgan fingerprint density at radius 2 is 1.40 bits per heavy atom. The van der Waals surface area contributed by atoms with Gasteiger partial charge in [0.25, 0.3) is 5.78 Å². The lowest BCUT2D eigenvalue weighted by atomic mass is 9.78. The average molecular weight is 405 g/mol. The summed E-state index contributed by atoms with van der Waals surface area (Å²) in [5, 5.41) is 22.4. The summed E-state index contributed by atoms with van der Waals surface area (Å²) >= 11 is 0. The van der Waals surface area contributed by atoms with Gasteiger partial charge in [-0.05, 0) is 18.2 Å². The summed E-state index contributed by atoms with van der Waals surface area (Å²) in [6, 6.07) is 9.31. The van der Waals surface area contributed by atoms with Crippen molar-refractivity contribution in [1.29, 1.82) is 0 Å². The van der Waals surface area contributed by atoms with Crippen LogP contribution < -0.4 is 4.74 Å². The van der Waals surface area contributed by atoms with E-state index in [9.17, 15) is 34.4 Å². The zero-order valence-corrected chi connectivity index (χ0v) is 15.3. The van der Waals surface area contributed by atoms with Gasteiger partial charge in [0.15, 0.2) is 0 Å². The first kappa shape index (κ1) is 18.9. The number of aliphatic hydroxyl groups excluding tert-OH is 1. The highest BCUT2D eigenvalue weighted by atomic mass is 16.6. The number of hydrogen-bond donors (Lipinski definition) is 1. The predicted octanol–water partition coefficient (Wildman–Crippen LogP) is 2.34. The van der Waals surface area contributed by atoms with Gasteiger partial charge in [-0.25, -0.2) is 0 Å². The van der Waals surface area contributed by atoms with Gasteiger partial charge in [-0.15, -0.1) is 0 Å². The van der Waals surface area contributed by atoms with E-state index in [2.05, 4.69) is 0 Å². The quantitative estimate of drug-likeness (QED) is 0.466. The summed E-state index contributed by atoms with van der Waals surface area (Å²) in [6.07, 6.45) is 0. The van der Waals surface area contributed by atoms with Crippen LogP contribution in [0.4, 0.5) is 0 Å². The van der Waals surface area contributed by atoms with Crippen LogP contribution in [0.15, 0.2) is 59.3 Å². The van der Waals surface area contributed by atoms with Crippen molar-refractivity contribution in [1.82, 2.24) is 0 Å². The van der Waals surface area contributed by atoms with Crippen molar-refractivity contribution in [3.63, 3.8) is 0 Å². The van der Waals surface area contributed by atoms with E-state index in [1.54, 1.807) is 0 Å². The molecule has 0 bridgehead atoms. The van der Waals surface area contributed by atoms with Crippen LogP contribution in [0.25, 0.3) is 5.76 Å². The summed E-state index contributed by atoms with van der Waals surface area (Å²) in [7, 11) is 1.34. The van der Waals surface area contributed by atoms with Crippen molar-refractivity contribution in [3.05, 3.63) is 91.7 Å². The summed E-state index contributed by atoms with van der Waals surface area (Å²) in [4.78, 5) is 61.7. The summed E-state index contributed by atoms with van der Waals surface area (Å²) in [5.41, 5.74) is -3.61. The molecule has 0 aromatic heterocycles. The maximum absolute atomic E-state index is 13.1. The average Bonchev–Trinajstić information content (AvgIpc) is 2.75. The minimum Gasteiger partial charge on any atom is -0.506 e. The number of hydrogen-bond acceptors (Lipinski definition) is 8. The number of Topliss-reactive ketones (excluding diaryl/α,β-unsaturated/α-hetero) is 4. The lowest BCUT2D eigenvalue weighted by Crippen LogP contribution is -2.33. The van der Waals surface area contributed by atoms with Crippen molar-refractivity contribution in [2.75, 3.05) is 7.11 Å². The maximum Gasteiger partial charge on any atom is 0.328 e. The Hall–Kier alpha value is -4.40. The highest BCUT2D eigenvalue weighted by Crippen LogP contribution is 2.38. The molecule has 9 heteroatoms. The fourth-order valence-electron chi connectivity index (χ4n) is 3.52. The van der Waals surface area contributed by atoms with Crippen LogP contribution >= 0.6 is 0 Å². The molecule has 0 fully saturated rings. The van der Waals surface area contributed by atoms with Gasteiger partial charge in [0.05, 0.1) is 17.6 Å². The topological polar surface area (TPSA) is 141 Å². The Morgan fingerprint density at radius 3 is 2.00 bits per heavy atom. The number of nitro groups is 1. The molecular formula is C21H11NO8. The number of ketones is 4. The van der Waals surface area contributed by atoms with E-state index < -0.39 is 50.7 Å². The van der Waals surface area contributed by atoms with Crippen LogP contribution in [0.1, 0.15) is 36.6 Å². The monoisotopic (exact) mass is 405 g/mol. The molecule has 30 heavy (non-hydrogen) atoms. The van der Waals surface area contributed by atoms with Crippen LogP contribution in [0.2, 0.25) is 0 Å². The van der Waals surface area contributed by atoms with Crippen molar-refractivity contribution in [3.8, 4) is 5.75 Å². The first-order chi connectivity index (χ1) is 14.3. The number of aliphatic hydroxyl groups is 1. The zero-order chi connectivity index (χ0) is 21.7. The van der Waals surface area contributed by atoms with E-state index in [0.717, 1.165) is 0 Å². The Labute approximate surface area is 168 Å². The lowest BCUT2D eigenvalue weighted by Gasteiger charge is -2.22. The van der Waals surface area contributed by atoms with Crippen LogP contribution in [0.3, 0.4) is 0 Å². The molecule has 0 heterocycles. The van der Waals surface area contributed by atoms with Crippen molar-refractivity contribution in [2.45, 2.75) is 0 Å². The second-order valence-corrected chi connectivity index (χ2v) is 6.48. The molecule has 0 radical (unpaired) electrons. The second kappa shape index (κ2) is 6.59. The molecule has 0 saturated heterocycles. The molecule has 148 valence electrons. The van der Waals surface area contributed by atoms with Gasteiger partial charge in [0, 0.05) is 22.3 Å². The number of nitrogens with zero attached hydrogens (tertiary/aromatic N) is 1. The lowest BCUT2D eigenvalue weighted by molar-refractivity contribution is -0.417. The number of carbonyl (C=O) groups is 4. The number of carbonyl (C=O) groups excluding carboxylic acids is 4. The first-order valence-electron chi connectivity index (χ1n) is 8.56. The summed E-state index contributed by atoms with van der Waals surface area (Å²) in [5.74, 6) is -5.08. The molecule has 2 aliphatic carbocycles. The number of benzene rings is 2. The van der Waals surface area contributed by atoms with Gasteiger partial charge in [0.2, 0.25) is 17.3 Å². The third-order valence-electron chi connectivity index (χ3n) is 4.92. The molecule has 0 unspecified atom stereocenters. The van der Waals surface area contributed by atoms with Gasteiger partial charge < -0.3 is 9.84 Å². The van der Waals surface area contributed by atoms with E-state index in [0.29, 0.717) is 0 Å². The zero-order valence-electron chi connectivity index (χ0n) is 15.3. The summed E-state index contributed by atoms with van der Waals surface area (Å²) < 4.78 is 5.04. The number of rotatable bonds is 3. The fraction of sp³-hybridized carbons (Fsp3) is 0.0476. The van der Waals surface area contributed by atoms with Gasteiger partial charge in [-0.1, -0.05) is 24.3 Å². The Morgan fingerprint density at radius 1 is 0.800 bits per heavy atom. The molecule has 9 nitrogen and oxygen atoms in total. The smallest absolute Gasteiger partial charge is 0.328 e. The van der Waals surface area contributed by atoms with Crippen molar-refractivity contribution >= 4 is 28.9 Å². The minimum absolute atomic E-state index is 0.136. The molecule has 0 saturated carbocycles. The van der Waals surface area contributed by atoms with E-state index >= 15 is 0 Å². The Balaban J connectivity index is 2.08. The van der Waals surface area contributed by atoms with E-state index in [-0.39, 0.29) is 28.0 Å². The van der Waals surface area contributed by atoms with E-state index in [4.69, 9.17) is 4.74 Å². The first-order valence-corrected chi connectivity index (χ1v) is 8.56. The SMILES string of the molecule is COc1ccc2c(c1)C(O)=C(C1=C([N+](=O)[O-])C(=O)c3ccccc3C1=O)C(=O)C2=O. The van der Waals surface area contributed by atoms with Crippen LogP contribution in [-0.4, -0.2) is 40.3 Å². The Bertz CT molecular complexity index is 1280. The number of allylic oxidation sites excluding steroid dienone is 3. The standard InChI is InChI=1S/C21H11NO8/c1-30-9-6-7-12-13(8-9)18(24)15(21(27)20(12)26)14-16(22(28)29)19(25)11-5-3-2-4-10(11)17(14)23/h2-8,24H,1H3. The van der Waals surface area contributed by atoms with E-state index in [1.807, 2.05) is 0 Å². The fourth-order valence-corrected chi connectivity index (χ4v) is 3.52. The number of fused-ring (bicyclic) bond motifs is 2. The molecule has 0 amide bonds.